The van der Waals surface area contributed by atoms with Crippen LogP contribution in [0.1, 0.15) is 24.4 Å². The molecular weight excluding hydrogens is 432 g/mol. The number of aromatic amines is 1. The molecule has 0 amide bonds. The van der Waals surface area contributed by atoms with E-state index in [2.05, 4.69) is 86.0 Å². The summed E-state index contributed by atoms with van der Waals surface area (Å²) < 4.78 is 1.26. The second-order valence-electron chi connectivity index (χ2n) is 8.95. The molecule has 0 spiro atoms. The predicted octanol–water partition coefficient (Wildman–Crippen LogP) is 4.04. The lowest BCUT2D eigenvalue weighted by Crippen LogP contribution is -2.46. The Hall–Kier alpha value is -3.04. The lowest BCUT2D eigenvalue weighted by Gasteiger charge is -2.37. The second kappa shape index (κ2) is 9.44. The number of anilines is 2. The fourth-order valence-corrected chi connectivity index (χ4v) is 5.53. The molecule has 172 valence electrons. The van der Waals surface area contributed by atoms with Crippen LogP contribution in [-0.2, 0) is 13.0 Å². The van der Waals surface area contributed by atoms with Gasteiger partial charge < -0.3 is 10.2 Å². The molecule has 8 nitrogen and oxygen atoms in total. The number of thiazole rings is 1. The van der Waals surface area contributed by atoms with Gasteiger partial charge in [-0.15, -0.1) is 21.5 Å². The van der Waals surface area contributed by atoms with Gasteiger partial charge in [-0.3, -0.25) is 4.90 Å². The molecule has 0 radical (unpaired) electrons. The summed E-state index contributed by atoms with van der Waals surface area (Å²) in [6, 6.07) is 12.9. The van der Waals surface area contributed by atoms with Crippen molar-refractivity contribution >= 4 is 32.9 Å². The Bertz CT molecular complexity index is 1180. The van der Waals surface area contributed by atoms with E-state index in [0.29, 0.717) is 11.7 Å². The number of para-hydroxylation sites is 1. The smallest absolute Gasteiger partial charge is 0.206 e. The topological polar surface area (TPSA) is 85.9 Å². The van der Waals surface area contributed by atoms with Crippen molar-refractivity contribution in [1.29, 1.82) is 0 Å². The van der Waals surface area contributed by atoms with Gasteiger partial charge in [-0.1, -0.05) is 26.0 Å². The van der Waals surface area contributed by atoms with Crippen LogP contribution in [0.2, 0.25) is 0 Å². The molecule has 2 aromatic carbocycles. The second-order valence-corrected chi connectivity index (χ2v) is 10.1. The summed E-state index contributed by atoms with van der Waals surface area (Å²) in [6.07, 6.45) is 1.02. The highest BCUT2D eigenvalue weighted by Gasteiger charge is 2.24. The van der Waals surface area contributed by atoms with E-state index >= 15 is 0 Å². The summed E-state index contributed by atoms with van der Waals surface area (Å²) >= 11 is 1.80. The number of nitrogens with one attached hydrogen (secondary N) is 2. The zero-order chi connectivity index (χ0) is 22.8. The highest BCUT2D eigenvalue weighted by atomic mass is 32.1. The Morgan fingerprint density at radius 1 is 1.12 bits per heavy atom. The molecular formula is C24H30N8S. The molecule has 0 aliphatic carbocycles. The Labute approximate surface area is 198 Å². The van der Waals surface area contributed by atoms with Gasteiger partial charge in [-0.05, 0) is 47.4 Å². The van der Waals surface area contributed by atoms with E-state index in [1.165, 1.54) is 21.0 Å². The normalized spacial score (nSPS) is 15.0. The molecule has 4 aromatic rings. The highest BCUT2D eigenvalue weighted by Crippen LogP contribution is 2.35. The summed E-state index contributed by atoms with van der Waals surface area (Å²) in [4.78, 5) is 9.78. The number of rotatable bonds is 7. The monoisotopic (exact) mass is 462 g/mol. The van der Waals surface area contributed by atoms with Gasteiger partial charge in [0, 0.05) is 50.2 Å². The Balaban J connectivity index is 1.36. The first-order chi connectivity index (χ1) is 16.1. The van der Waals surface area contributed by atoms with E-state index in [0.717, 1.165) is 55.9 Å². The van der Waals surface area contributed by atoms with Crippen LogP contribution in [0.25, 0.3) is 21.6 Å². The molecule has 9 heteroatoms. The van der Waals surface area contributed by atoms with Crippen LogP contribution in [-0.4, -0.2) is 63.7 Å². The first-order valence-electron chi connectivity index (χ1n) is 11.5. The van der Waals surface area contributed by atoms with Crippen LogP contribution in [0.3, 0.4) is 0 Å². The molecule has 1 aliphatic heterocycles. The molecule has 2 N–H and O–H groups in total. The number of fused-ring (bicyclic) bond motifs is 1. The molecule has 0 atom stereocenters. The van der Waals surface area contributed by atoms with Gasteiger partial charge in [-0.2, -0.15) is 5.21 Å². The van der Waals surface area contributed by atoms with Gasteiger partial charge in [0.2, 0.25) is 5.82 Å². The number of hydrogen-bond acceptors (Lipinski definition) is 8. The molecule has 1 fully saturated rings. The van der Waals surface area contributed by atoms with Crippen molar-refractivity contribution in [2.24, 2.45) is 5.92 Å². The standard InChI is InChI=1S/C24H30N8S/c1-16(2)12-17-13-21(18(14-20(17)25-3)24-27-29-30-28-24)32-10-8-31(9-11-32)15-23-26-19-6-4-5-7-22(19)33-23/h4-7,13-14,16,25H,8-12,15H2,1-3H3,(H,27,28,29,30). The van der Waals surface area contributed by atoms with Crippen LogP contribution in [0.4, 0.5) is 11.4 Å². The maximum Gasteiger partial charge on any atom is 0.206 e. The SMILES string of the molecule is CNc1cc(-c2nn[nH]n2)c(N2CCN(Cc3nc4ccccc4s3)CC2)cc1CC(C)C. The maximum absolute atomic E-state index is 4.82. The van der Waals surface area contributed by atoms with Crippen molar-refractivity contribution in [2.75, 3.05) is 43.4 Å². The van der Waals surface area contributed by atoms with Crippen molar-refractivity contribution < 1.29 is 0 Å². The van der Waals surface area contributed by atoms with Crippen LogP contribution in [0.15, 0.2) is 36.4 Å². The molecule has 33 heavy (non-hydrogen) atoms. The van der Waals surface area contributed by atoms with Gasteiger partial charge in [0.25, 0.3) is 0 Å². The van der Waals surface area contributed by atoms with Crippen LogP contribution >= 0.6 is 11.3 Å². The molecule has 0 bridgehead atoms. The number of piperazine rings is 1. The molecule has 0 saturated carbocycles. The molecule has 1 saturated heterocycles. The van der Waals surface area contributed by atoms with E-state index in [4.69, 9.17) is 4.98 Å². The number of H-pyrrole nitrogens is 1. The van der Waals surface area contributed by atoms with Crippen molar-refractivity contribution in [2.45, 2.75) is 26.8 Å². The lowest BCUT2D eigenvalue weighted by atomic mass is 9.97. The zero-order valence-electron chi connectivity index (χ0n) is 19.4. The molecule has 1 aliphatic rings. The molecule has 5 rings (SSSR count). The third-order valence-corrected chi connectivity index (χ3v) is 7.14. The summed E-state index contributed by atoms with van der Waals surface area (Å²) in [5, 5.41) is 19.5. The number of hydrogen-bond donors (Lipinski definition) is 2. The van der Waals surface area contributed by atoms with Gasteiger partial charge in [0.05, 0.1) is 16.8 Å². The minimum atomic E-state index is 0.576. The zero-order valence-corrected chi connectivity index (χ0v) is 20.2. The minimum Gasteiger partial charge on any atom is -0.388 e. The minimum absolute atomic E-state index is 0.576. The molecule has 2 aromatic heterocycles. The van der Waals surface area contributed by atoms with Crippen molar-refractivity contribution in [3.8, 4) is 11.4 Å². The fourth-order valence-electron chi connectivity index (χ4n) is 4.52. The number of nitrogens with zero attached hydrogens (tertiary/aromatic N) is 6. The van der Waals surface area contributed by atoms with E-state index in [1.807, 2.05) is 7.05 Å². The number of aromatic nitrogens is 5. The maximum atomic E-state index is 4.82. The van der Waals surface area contributed by atoms with E-state index in [9.17, 15) is 0 Å². The molecule has 0 unspecified atom stereocenters. The van der Waals surface area contributed by atoms with Crippen molar-refractivity contribution in [3.05, 3.63) is 47.0 Å². The number of benzene rings is 2. The summed E-state index contributed by atoms with van der Waals surface area (Å²) in [7, 11) is 1.97. The average Bonchev–Trinajstić information content (AvgIpc) is 3.49. The first-order valence-corrected chi connectivity index (χ1v) is 12.3. The fraction of sp³-hybridized carbons (Fsp3) is 0.417. The van der Waals surface area contributed by atoms with Crippen LogP contribution < -0.4 is 10.2 Å². The molecule has 3 heterocycles. The average molecular weight is 463 g/mol. The third kappa shape index (κ3) is 4.69. The van der Waals surface area contributed by atoms with E-state index in [1.54, 1.807) is 11.3 Å². The van der Waals surface area contributed by atoms with Crippen molar-refractivity contribution in [1.82, 2.24) is 30.5 Å². The highest BCUT2D eigenvalue weighted by molar-refractivity contribution is 7.18. The summed E-state index contributed by atoms with van der Waals surface area (Å²) in [6.45, 7) is 9.32. The van der Waals surface area contributed by atoms with Crippen molar-refractivity contribution in [3.63, 3.8) is 0 Å². The van der Waals surface area contributed by atoms with Gasteiger partial charge in [0.15, 0.2) is 0 Å². The number of tetrazole rings is 1. The quantitative estimate of drug-likeness (QED) is 0.429. The third-order valence-electron chi connectivity index (χ3n) is 6.12. The van der Waals surface area contributed by atoms with E-state index in [-0.39, 0.29) is 0 Å². The lowest BCUT2D eigenvalue weighted by molar-refractivity contribution is 0.250. The van der Waals surface area contributed by atoms with Crippen LogP contribution in [0.5, 0.6) is 0 Å². The van der Waals surface area contributed by atoms with Gasteiger partial charge in [0.1, 0.15) is 5.01 Å². The Kier molecular flexibility index (Phi) is 6.24. The van der Waals surface area contributed by atoms with Gasteiger partial charge in [-0.25, -0.2) is 4.98 Å². The predicted molar refractivity (Wildman–Crippen MR) is 135 cm³/mol. The Morgan fingerprint density at radius 2 is 1.94 bits per heavy atom. The summed E-state index contributed by atoms with van der Waals surface area (Å²) in [5.41, 5.74) is 5.75. The van der Waals surface area contributed by atoms with Gasteiger partial charge >= 0.3 is 0 Å². The Morgan fingerprint density at radius 3 is 2.64 bits per heavy atom. The van der Waals surface area contributed by atoms with E-state index < -0.39 is 0 Å². The largest absolute Gasteiger partial charge is 0.388 e. The summed E-state index contributed by atoms with van der Waals surface area (Å²) in [5.74, 6) is 1.21. The van der Waals surface area contributed by atoms with Crippen LogP contribution in [0, 0.1) is 5.92 Å². The first kappa shape index (κ1) is 21.8.